The second-order valence-corrected chi connectivity index (χ2v) is 5.75. The molecule has 0 radical (unpaired) electrons. The fraction of sp³-hybridized carbons (Fsp3) is 0.750. The SMILES string of the molecule is CCCCCCC(C)Oc1nc(CCC)nc(Cl)c1C. The lowest BCUT2D eigenvalue weighted by molar-refractivity contribution is 0.196. The van der Waals surface area contributed by atoms with E-state index in [1.54, 1.807) is 0 Å². The average molecular weight is 299 g/mol. The van der Waals surface area contributed by atoms with E-state index in [1.165, 1.54) is 25.7 Å². The van der Waals surface area contributed by atoms with Crippen LogP contribution in [0.3, 0.4) is 0 Å². The number of aromatic nitrogens is 2. The summed E-state index contributed by atoms with van der Waals surface area (Å²) in [4.78, 5) is 8.78. The van der Waals surface area contributed by atoms with E-state index in [9.17, 15) is 0 Å². The van der Waals surface area contributed by atoms with Gasteiger partial charge in [0.15, 0.2) is 0 Å². The highest BCUT2D eigenvalue weighted by Gasteiger charge is 2.13. The molecule has 1 aromatic rings. The maximum Gasteiger partial charge on any atom is 0.221 e. The van der Waals surface area contributed by atoms with Gasteiger partial charge in [0.2, 0.25) is 5.88 Å². The third kappa shape index (κ3) is 5.66. The number of nitrogens with zero attached hydrogens (tertiary/aromatic N) is 2. The van der Waals surface area contributed by atoms with Crippen LogP contribution < -0.4 is 4.74 Å². The van der Waals surface area contributed by atoms with Crippen LogP contribution in [0.5, 0.6) is 5.88 Å². The number of unbranched alkanes of at least 4 members (excludes halogenated alkanes) is 3. The Kier molecular flexibility index (Phi) is 7.90. The third-order valence-corrected chi connectivity index (χ3v) is 3.71. The first-order valence-electron chi connectivity index (χ1n) is 7.78. The number of hydrogen-bond donors (Lipinski definition) is 0. The molecule has 3 nitrogen and oxygen atoms in total. The van der Waals surface area contributed by atoms with E-state index in [0.717, 1.165) is 30.7 Å². The second-order valence-electron chi connectivity index (χ2n) is 5.39. The topological polar surface area (TPSA) is 35.0 Å². The molecule has 0 aromatic carbocycles. The zero-order valence-corrected chi connectivity index (χ0v) is 14.0. The number of ether oxygens (including phenoxy) is 1. The van der Waals surface area contributed by atoms with Crippen molar-refractivity contribution in [3.05, 3.63) is 16.5 Å². The van der Waals surface area contributed by atoms with E-state index in [0.29, 0.717) is 11.0 Å². The summed E-state index contributed by atoms with van der Waals surface area (Å²) in [6.07, 6.45) is 8.11. The van der Waals surface area contributed by atoms with Gasteiger partial charge in [-0.25, -0.2) is 4.98 Å². The molecule has 114 valence electrons. The van der Waals surface area contributed by atoms with Gasteiger partial charge in [-0.2, -0.15) is 4.98 Å². The van der Waals surface area contributed by atoms with Gasteiger partial charge in [0.05, 0.1) is 6.10 Å². The van der Waals surface area contributed by atoms with Gasteiger partial charge in [-0.15, -0.1) is 0 Å². The van der Waals surface area contributed by atoms with Gasteiger partial charge in [-0.1, -0.05) is 44.7 Å². The van der Waals surface area contributed by atoms with Gasteiger partial charge in [0.1, 0.15) is 11.0 Å². The van der Waals surface area contributed by atoms with Crippen LogP contribution in [-0.4, -0.2) is 16.1 Å². The van der Waals surface area contributed by atoms with Crippen molar-refractivity contribution in [3.8, 4) is 5.88 Å². The van der Waals surface area contributed by atoms with Gasteiger partial charge in [-0.3, -0.25) is 0 Å². The maximum atomic E-state index is 6.15. The summed E-state index contributed by atoms with van der Waals surface area (Å²) < 4.78 is 5.96. The Bertz CT molecular complexity index is 410. The highest BCUT2D eigenvalue weighted by Crippen LogP contribution is 2.24. The largest absolute Gasteiger partial charge is 0.474 e. The Balaban J connectivity index is 2.61. The lowest BCUT2D eigenvalue weighted by Crippen LogP contribution is -2.14. The summed E-state index contributed by atoms with van der Waals surface area (Å²) in [6, 6.07) is 0. The van der Waals surface area contributed by atoms with E-state index in [1.807, 2.05) is 6.92 Å². The van der Waals surface area contributed by atoms with Gasteiger partial charge in [0.25, 0.3) is 0 Å². The van der Waals surface area contributed by atoms with Crippen molar-refractivity contribution in [1.82, 2.24) is 9.97 Å². The molecule has 0 spiro atoms. The van der Waals surface area contributed by atoms with E-state index in [-0.39, 0.29) is 6.10 Å². The number of hydrogen-bond acceptors (Lipinski definition) is 3. The van der Waals surface area contributed by atoms with Crippen LogP contribution in [0.15, 0.2) is 0 Å². The summed E-state index contributed by atoms with van der Waals surface area (Å²) in [6.45, 7) is 8.34. The molecule has 0 fully saturated rings. The standard InChI is InChI=1S/C16H27ClN2O/c1-5-7-8-9-11-12(3)20-16-13(4)15(17)18-14(19-16)10-6-2/h12H,5-11H2,1-4H3. The van der Waals surface area contributed by atoms with Crippen LogP contribution in [0.1, 0.15) is 70.7 Å². The number of halogens is 1. The molecule has 0 saturated carbocycles. The van der Waals surface area contributed by atoms with Crippen LogP contribution in [-0.2, 0) is 6.42 Å². The van der Waals surface area contributed by atoms with Crippen molar-refractivity contribution in [3.63, 3.8) is 0 Å². The lowest BCUT2D eigenvalue weighted by Gasteiger charge is -2.16. The summed E-state index contributed by atoms with van der Waals surface area (Å²) in [7, 11) is 0. The van der Waals surface area contributed by atoms with Crippen molar-refractivity contribution in [2.45, 2.75) is 78.7 Å². The molecular weight excluding hydrogens is 272 g/mol. The smallest absolute Gasteiger partial charge is 0.221 e. The quantitative estimate of drug-likeness (QED) is 0.468. The molecule has 1 aromatic heterocycles. The van der Waals surface area contributed by atoms with E-state index in [2.05, 4.69) is 30.7 Å². The fourth-order valence-electron chi connectivity index (χ4n) is 2.07. The summed E-state index contributed by atoms with van der Waals surface area (Å²) >= 11 is 6.15. The highest BCUT2D eigenvalue weighted by molar-refractivity contribution is 6.30. The summed E-state index contributed by atoms with van der Waals surface area (Å²) in [5.41, 5.74) is 0.840. The van der Waals surface area contributed by atoms with Crippen molar-refractivity contribution >= 4 is 11.6 Å². The van der Waals surface area contributed by atoms with Crippen LogP contribution in [0.25, 0.3) is 0 Å². The maximum absolute atomic E-state index is 6.15. The third-order valence-electron chi connectivity index (χ3n) is 3.34. The van der Waals surface area contributed by atoms with Gasteiger partial charge >= 0.3 is 0 Å². The van der Waals surface area contributed by atoms with Crippen molar-refractivity contribution < 1.29 is 4.74 Å². The minimum atomic E-state index is 0.172. The zero-order valence-electron chi connectivity index (χ0n) is 13.2. The van der Waals surface area contributed by atoms with Crippen molar-refractivity contribution in [2.24, 2.45) is 0 Å². The molecule has 0 N–H and O–H groups in total. The van der Waals surface area contributed by atoms with Gasteiger partial charge in [-0.05, 0) is 33.1 Å². The summed E-state index contributed by atoms with van der Waals surface area (Å²) in [5, 5.41) is 0.511. The molecule has 4 heteroatoms. The molecule has 0 amide bonds. The minimum absolute atomic E-state index is 0.172. The van der Waals surface area contributed by atoms with Crippen LogP contribution in [0.2, 0.25) is 5.15 Å². The normalized spacial score (nSPS) is 12.4. The second kappa shape index (κ2) is 9.17. The Labute approximate surface area is 128 Å². The van der Waals surface area contributed by atoms with Crippen LogP contribution in [0, 0.1) is 6.92 Å². The predicted octanol–water partition coefficient (Wildman–Crippen LogP) is 5.13. The average Bonchev–Trinajstić information content (AvgIpc) is 2.41. The van der Waals surface area contributed by atoms with Gasteiger partial charge in [0, 0.05) is 12.0 Å². The molecule has 20 heavy (non-hydrogen) atoms. The molecule has 0 saturated heterocycles. The van der Waals surface area contributed by atoms with Crippen LogP contribution >= 0.6 is 11.6 Å². The molecule has 0 aliphatic heterocycles. The first-order chi connectivity index (χ1) is 9.58. The number of rotatable bonds is 9. The zero-order chi connectivity index (χ0) is 15.0. The first kappa shape index (κ1) is 17.2. The Morgan fingerprint density at radius 3 is 2.50 bits per heavy atom. The molecule has 1 rings (SSSR count). The molecular formula is C16H27ClN2O. The minimum Gasteiger partial charge on any atom is -0.474 e. The first-order valence-corrected chi connectivity index (χ1v) is 8.15. The van der Waals surface area contributed by atoms with Crippen LogP contribution in [0.4, 0.5) is 0 Å². The monoisotopic (exact) mass is 298 g/mol. The van der Waals surface area contributed by atoms with E-state index < -0.39 is 0 Å². The highest BCUT2D eigenvalue weighted by atomic mass is 35.5. The Morgan fingerprint density at radius 2 is 1.85 bits per heavy atom. The molecule has 0 aliphatic rings. The number of aryl methyl sites for hydroxylation is 1. The Hall–Kier alpha value is -0.830. The molecule has 1 atom stereocenters. The molecule has 1 unspecified atom stereocenters. The molecule has 1 heterocycles. The lowest BCUT2D eigenvalue weighted by atomic mass is 10.1. The van der Waals surface area contributed by atoms with Gasteiger partial charge < -0.3 is 4.74 Å². The summed E-state index contributed by atoms with van der Waals surface area (Å²) in [5.74, 6) is 1.42. The molecule has 0 aliphatic carbocycles. The molecule has 0 bridgehead atoms. The fourth-order valence-corrected chi connectivity index (χ4v) is 2.25. The van der Waals surface area contributed by atoms with E-state index in [4.69, 9.17) is 16.3 Å². The van der Waals surface area contributed by atoms with Crippen molar-refractivity contribution in [2.75, 3.05) is 0 Å². The van der Waals surface area contributed by atoms with Crippen molar-refractivity contribution in [1.29, 1.82) is 0 Å². The van der Waals surface area contributed by atoms with E-state index >= 15 is 0 Å². The predicted molar refractivity (Wildman–Crippen MR) is 84.6 cm³/mol. The Morgan fingerprint density at radius 1 is 1.10 bits per heavy atom.